The Morgan fingerprint density at radius 3 is 2.48 bits per heavy atom. The molecule has 0 atom stereocenters. The lowest BCUT2D eigenvalue weighted by molar-refractivity contribution is 0.267. The topological polar surface area (TPSA) is 61.3 Å². The molecule has 3 aromatic rings. The second-order valence-corrected chi connectivity index (χ2v) is 8.49. The van der Waals surface area contributed by atoms with Gasteiger partial charge in [-0.2, -0.15) is 5.10 Å². The largest absolute Gasteiger partial charge is 0.493 e. The highest BCUT2D eigenvalue weighted by Gasteiger charge is 2.13. The lowest BCUT2D eigenvalue weighted by Gasteiger charge is -2.15. The highest BCUT2D eigenvalue weighted by atomic mass is 127. The number of benzene rings is 3. The van der Waals surface area contributed by atoms with E-state index >= 15 is 0 Å². The molecular formula is C25H26ClIN2O4. The maximum Gasteiger partial charge on any atom is 0.175 e. The Labute approximate surface area is 213 Å². The maximum absolute atomic E-state index is 6.25. The molecule has 0 bridgehead atoms. The maximum atomic E-state index is 6.25. The van der Waals surface area contributed by atoms with Gasteiger partial charge >= 0.3 is 0 Å². The van der Waals surface area contributed by atoms with Crippen molar-refractivity contribution in [2.45, 2.75) is 20.1 Å². The number of nitrogens with zero attached hydrogens (tertiary/aromatic N) is 1. The van der Waals surface area contributed by atoms with Gasteiger partial charge in [0.25, 0.3) is 0 Å². The van der Waals surface area contributed by atoms with E-state index in [9.17, 15) is 0 Å². The van der Waals surface area contributed by atoms with E-state index in [2.05, 4.69) is 33.1 Å². The summed E-state index contributed by atoms with van der Waals surface area (Å²) in [6, 6.07) is 17.3. The van der Waals surface area contributed by atoms with E-state index in [4.69, 9.17) is 30.5 Å². The van der Waals surface area contributed by atoms with Crippen LogP contribution >= 0.6 is 34.2 Å². The zero-order chi connectivity index (χ0) is 23.6. The minimum Gasteiger partial charge on any atom is -0.493 e. The van der Waals surface area contributed by atoms with Crippen molar-refractivity contribution < 1.29 is 18.9 Å². The third-order valence-corrected chi connectivity index (χ3v) is 5.87. The third-order valence-electron chi connectivity index (χ3n) is 4.70. The number of hydrazone groups is 1. The van der Waals surface area contributed by atoms with Gasteiger partial charge in [-0.1, -0.05) is 35.9 Å². The van der Waals surface area contributed by atoms with Crippen LogP contribution in [0.2, 0.25) is 5.02 Å². The first-order valence-corrected chi connectivity index (χ1v) is 11.8. The molecule has 0 aliphatic heterocycles. The minimum atomic E-state index is 0.357. The Bertz CT molecular complexity index is 1110. The molecule has 174 valence electrons. The fourth-order valence-electron chi connectivity index (χ4n) is 3.08. The van der Waals surface area contributed by atoms with E-state index < -0.39 is 0 Å². The van der Waals surface area contributed by atoms with Crippen molar-refractivity contribution in [1.82, 2.24) is 5.43 Å². The molecule has 0 saturated carbocycles. The van der Waals surface area contributed by atoms with E-state index in [-0.39, 0.29) is 0 Å². The van der Waals surface area contributed by atoms with Gasteiger partial charge in [0.15, 0.2) is 23.0 Å². The number of hydrogen-bond acceptors (Lipinski definition) is 6. The van der Waals surface area contributed by atoms with Crippen LogP contribution in [0.25, 0.3) is 0 Å². The van der Waals surface area contributed by atoms with E-state index in [1.807, 2.05) is 61.5 Å². The van der Waals surface area contributed by atoms with Gasteiger partial charge in [-0.15, -0.1) is 0 Å². The van der Waals surface area contributed by atoms with Crippen LogP contribution in [-0.4, -0.2) is 27.0 Å². The Hall–Kier alpha value is -2.65. The van der Waals surface area contributed by atoms with Crippen LogP contribution in [0.1, 0.15) is 23.6 Å². The summed E-state index contributed by atoms with van der Waals surface area (Å²) in [5, 5.41) is 5.02. The first-order chi connectivity index (χ1) is 16.0. The van der Waals surface area contributed by atoms with Gasteiger partial charge < -0.3 is 24.4 Å². The summed E-state index contributed by atoms with van der Waals surface area (Å²) in [6.45, 7) is 3.37. The monoisotopic (exact) mass is 580 g/mol. The summed E-state index contributed by atoms with van der Waals surface area (Å²) in [7, 11) is 3.23. The molecule has 0 fully saturated rings. The van der Waals surface area contributed by atoms with Crippen molar-refractivity contribution in [2.75, 3.05) is 20.8 Å². The number of methoxy groups -OCH3 is 2. The second-order valence-electron chi connectivity index (χ2n) is 6.93. The molecule has 3 aromatic carbocycles. The van der Waals surface area contributed by atoms with Gasteiger partial charge in [-0.05, 0) is 71.0 Å². The molecule has 0 spiro atoms. The fraction of sp³-hybridized carbons (Fsp3) is 0.240. The highest BCUT2D eigenvalue weighted by Crippen LogP contribution is 2.35. The smallest absolute Gasteiger partial charge is 0.175 e. The zero-order valence-electron chi connectivity index (χ0n) is 18.7. The molecule has 0 radical (unpaired) electrons. The van der Waals surface area contributed by atoms with Crippen LogP contribution in [0.15, 0.2) is 59.7 Å². The van der Waals surface area contributed by atoms with Crippen LogP contribution in [-0.2, 0) is 13.2 Å². The van der Waals surface area contributed by atoms with E-state index in [1.54, 1.807) is 20.4 Å². The quantitative estimate of drug-likeness (QED) is 0.170. The number of halogens is 2. The predicted molar refractivity (Wildman–Crippen MR) is 140 cm³/mol. The zero-order valence-corrected chi connectivity index (χ0v) is 21.6. The molecule has 1 N–H and O–H groups in total. The normalized spacial score (nSPS) is 10.8. The predicted octanol–water partition coefficient (Wildman–Crippen LogP) is 6.06. The summed E-state index contributed by atoms with van der Waals surface area (Å²) in [6.07, 6.45) is 1.75. The summed E-state index contributed by atoms with van der Waals surface area (Å²) >= 11 is 8.49. The Balaban J connectivity index is 1.68. The third kappa shape index (κ3) is 6.91. The molecule has 0 unspecified atom stereocenters. The number of nitrogens with one attached hydrogen (secondary N) is 1. The first kappa shape index (κ1) is 25.0. The molecule has 0 heterocycles. The van der Waals surface area contributed by atoms with Gasteiger partial charge in [0, 0.05) is 10.6 Å². The van der Waals surface area contributed by atoms with Gasteiger partial charge in [0.2, 0.25) is 0 Å². The summed E-state index contributed by atoms with van der Waals surface area (Å²) in [5.74, 6) is 2.73. The summed E-state index contributed by atoms with van der Waals surface area (Å²) in [5.41, 5.74) is 5.90. The summed E-state index contributed by atoms with van der Waals surface area (Å²) < 4.78 is 23.4. The SMILES string of the molecule is CCOc1cc(/C=N/NCc2ccc(OC)c(OC)c2)cc(I)c1OCc1ccccc1Cl. The Kier molecular flexibility index (Phi) is 9.50. The molecule has 0 aromatic heterocycles. The fourth-order valence-corrected chi connectivity index (χ4v) is 4.05. The minimum absolute atomic E-state index is 0.357. The molecular weight excluding hydrogens is 555 g/mol. The average molecular weight is 581 g/mol. The van der Waals surface area contributed by atoms with Crippen molar-refractivity contribution in [3.8, 4) is 23.0 Å². The van der Waals surface area contributed by atoms with Crippen LogP contribution in [0.5, 0.6) is 23.0 Å². The standard InChI is InChI=1S/C25H26ClIN2O4/c1-4-32-24-13-18(11-21(27)25(24)33-16-19-7-5-6-8-20(19)26)15-29-28-14-17-9-10-22(30-2)23(12-17)31-3/h5-13,15,28H,4,14,16H2,1-3H3/b29-15+. The molecule has 0 amide bonds. The molecule has 3 rings (SSSR count). The Morgan fingerprint density at radius 1 is 0.970 bits per heavy atom. The van der Waals surface area contributed by atoms with Crippen molar-refractivity contribution in [1.29, 1.82) is 0 Å². The summed E-state index contributed by atoms with van der Waals surface area (Å²) in [4.78, 5) is 0. The second kappa shape index (κ2) is 12.6. The molecule has 6 nitrogen and oxygen atoms in total. The van der Waals surface area contributed by atoms with E-state index in [0.29, 0.717) is 47.8 Å². The highest BCUT2D eigenvalue weighted by molar-refractivity contribution is 14.1. The number of hydrogen-bond donors (Lipinski definition) is 1. The molecule has 0 aliphatic carbocycles. The van der Waals surface area contributed by atoms with Gasteiger partial charge in [-0.25, -0.2) is 0 Å². The number of ether oxygens (including phenoxy) is 4. The van der Waals surface area contributed by atoms with Crippen molar-refractivity contribution in [3.63, 3.8) is 0 Å². The van der Waals surface area contributed by atoms with Crippen LogP contribution in [0.4, 0.5) is 0 Å². The molecule has 33 heavy (non-hydrogen) atoms. The van der Waals surface area contributed by atoms with Gasteiger partial charge in [-0.3, -0.25) is 0 Å². The van der Waals surface area contributed by atoms with Gasteiger partial charge in [0.1, 0.15) is 6.61 Å². The van der Waals surface area contributed by atoms with Crippen LogP contribution < -0.4 is 24.4 Å². The van der Waals surface area contributed by atoms with Gasteiger partial charge in [0.05, 0.1) is 37.2 Å². The average Bonchev–Trinajstić information content (AvgIpc) is 2.82. The van der Waals surface area contributed by atoms with Crippen molar-refractivity contribution in [3.05, 3.63) is 79.9 Å². The van der Waals surface area contributed by atoms with E-state index in [1.165, 1.54) is 0 Å². The Morgan fingerprint density at radius 2 is 1.76 bits per heavy atom. The van der Waals surface area contributed by atoms with E-state index in [0.717, 1.165) is 20.3 Å². The number of rotatable bonds is 11. The lowest BCUT2D eigenvalue weighted by atomic mass is 10.2. The molecule has 0 saturated heterocycles. The molecule has 8 heteroatoms. The van der Waals surface area contributed by atoms with Crippen molar-refractivity contribution >= 4 is 40.4 Å². The molecule has 0 aliphatic rings. The van der Waals surface area contributed by atoms with Crippen molar-refractivity contribution in [2.24, 2.45) is 5.10 Å². The van der Waals surface area contributed by atoms with Crippen LogP contribution in [0, 0.1) is 3.57 Å². The lowest BCUT2D eigenvalue weighted by Crippen LogP contribution is -2.06. The first-order valence-electron chi connectivity index (χ1n) is 10.3. The van der Waals surface area contributed by atoms with Crippen LogP contribution in [0.3, 0.4) is 0 Å².